The number of benzene rings is 1. The van der Waals surface area contributed by atoms with Gasteiger partial charge in [0.1, 0.15) is 17.3 Å². The number of hydrogen-bond donors (Lipinski definition) is 1. The molecule has 1 fully saturated rings. The first-order chi connectivity index (χ1) is 12.7. The van der Waals surface area contributed by atoms with Crippen LogP contribution in [0.25, 0.3) is 0 Å². The second-order valence-electron chi connectivity index (χ2n) is 6.67. The lowest BCUT2D eigenvalue weighted by Crippen LogP contribution is -2.29. The second kappa shape index (κ2) is 7.15. The molecule has 0 radical (unpaired) electrons. The lowest BCUT2D eigenvalue weighted by atomic mass is 9.90. The molecule has 1 atom stereocenters. The molecule has 7 heteroatoms. The minimum absolute atomic E-state index is 0.0112. The molecule has 0 unspecified atom stereocenters. The quantitative estimate of drug-likeness (QED) is 0.887. The predicted octanol–water partition coefficient (Wildman–Crippen LogP) is 3.62. The van der Waals surface area contributed by atoms with Gasteiger partial charge in [0.2, 0.25) is 5.91 Å². The molecule has 26 heavy (non-hydrogen) atoms. The largest absolute Gasteiger partial charge is 0.497 e. The lowest BCUT2D eigenvalue weighted by Gasteiger charge is -2.25. The van der Waals surface area contributed by atoms with Gasteiger partial charge in [-0.15, -0.1) is 0 Å². The van der Waals surface area contributed by atoms with Crippen LogP contribution in [0.2, 0.25) is 0 Å². The number of anilines is 2. The van der Waals surface area contributed by atoms with Crippen LogP contribution in [0.4, 0.5) is 10.9 Å². The molecule has 1 N–H and O–H groups in total. The van der Waals surface area contributed by atoms with E-state index in [2.05, 4.69) is 10.2 Å². The van der Waals surface area contributed by atoms with Gasteiger partial charge < -0.3 is 19.7 Å². The van der Waals surface area contributed by atoms with Crippen LogP contribution >= 0.6 is 11.3 Å². The van der Waals surface area contributed by atoms with Crippen molar-refractivity contribution in [2.24, 2.45) is 0 Å². The van der Waals surface area contributed by atoms with Gasteiger partial charge in [-0.2, -0.15) is 0 Å². The van der Waals surface area contributed by atoms with E-state index in [0.29, 0.717) is 12.2 Å². The van der Waals surface area contributed by atoms with Gasteiger partial charge in [0, 0.05) is 31.0 Å². The van der Waals surface area contributed by atoms with Crippen molar-refractivity contribution < 1.29 is 14.3 Å². The van der Waals surface area contributed by atoms with Crippen molar-refractivity contribution in [2.75, 3.05) is 37.5 Å². The van der Waals surface area contributed by atoms with Crippen LogP contribution in [0, 0.1) is 0 Å². The topological polar surface area (TPSA) is 63.7 Å². The van der Waals surface area contributed by atoms with E-state index >= 15 is 0 Å². The number of nitrogens with zero attached hydrogens (tertiary/aromatic N) is 2. The summed E-state index contributed by atoms with van der Waals surface area (Å²) in [5, 5.41) is 3.95. The summed E-state index contributed by atoms with van der Waals surface area (Å²) in [6.45, 7) is 2.07. The fourth-order valence-corrected chi connectivity index (χ4v) is 4.88. The highest BCUT2D eigenvalue weighted by Gasteiger charge is 2.33. The van der Waals surface area contributed by atoms with Crippen molar-refractivity contribution >= 4 is 28.2 Å². The van der Waals surface area contributed by atoms with Gasteiger partial charge in [-0.25, -0.2) is 4.98 Å². The standard InChI is InChI=1S/C19H23N3O3S/c1-24-12-6-7-15(25-2)13(10-12)14-11-16(23)20-18-17(14)26-19(21-18)22-8-4-3-5-9-22/h6-7,10,14H,3-5,8-9,11H2,1-2H3,(H,20,23)/t14-/m1/s1. The molecule has 1 aromatic heterocycles. The van der Waals surface area contributed by atoms with Crippen LogP contribution in [0.15, 0.2) is 18.2 Å². The van der Waals surface area contributed by atoms with Crippen molar-refractivity contribution in [3.05, 3.63) is 28.6 Å². The summed E-state index contributed by atoms with van der Waals surface area (Å²) in [4.78, 5) is 20.5. The lowest BCUT2D eigenvalue weighted by molar-refractivity contribution is -0.116. The Balaban J connectivity index is 1.75. The molecule has 3 heterocycles. The smallest absolute Gasteiger partial charge is 0.226 e. The fourth-order valence-electron chi connectivity index (χ4n) is 3.69. The molecule has 2 aromatic rings. The van der Waals surface area contributed by atoms with Crippen molar-refractivity contribution in [1.29, 1.82) is 0 Å². The number of thiazole rings is 1. The van der Waals surface area contributed by atoms with E-state index in [1.807, 2.05) is 18.2 Å². The van der Waals surface area contributed by atoms with Crippen LogP contribution in [-0.4, -0.2) is 38.2 Å². The number of carbonyl (C=O) groups excluding carboxylic acids is 1. The highest BCUT2D eigenvalue weighted by molar-refractivity contribution is 7.16. The van der Waals surface area contributed by atoms with Crippen molar-refractivity contribution in [2.45, 2.75) is 31.6 Å². The Bertz CT molecular complexity index is 814. The van der Waals surface area contributed by atoms with E-state index in [9.17, 15) is 4.79 Å². The number of piperidine rings is 1. The van der Waals surface area contributed by atoms with E-state index in [1.54, 1.807) is 25.6 Å². The molecule has 6 nitrogen and oxygen atoms in total. The predicted molar refractivity (Wildman–Crippen MR) is 103 cm³/mol. The average molecular weight is 373 g/mol. The van der Waals surface area contributed by atoms with Crippen molar-refractivity contribution in [3.63, 3.8) is 0 Å². The minimum Gasteiger partial charge on any atom is -0.497 e. The molecular formula is C19H23N3O3S. The molecule has 138 valence electrons. The normalized spacial score (nSPS) is 19.7. The highest BCUT2D eigenvalue weighted by Crippen LogP contribution is 2.46. The van der Waals surface area contributed by atoms with E-state index < -0.39 is 0 Å². The second-order valence-corrected chi connectivity index (χ2v) is 7.68. The third-order valence-corrected chi connectivity index (χ3v) is 6.27. The molecule has 1 amide bonds. The highest BCUT2D eigenvalue weighted by atomic mass is 32.1. The third kappa shape index (κ3) is 3.11. The van der Waals surface area contributed by atoms with Crippen LogP contribution in [-0.2, 0) is 4.79 Å². The Kier molecular flexibility index (Phi) is 4.72. The van der Waals surface area contributed by atoms with Crippen LogP contribution in [0.5, 0.6) is 11.5 Å². The molecule has 2 aliphatic heterocycles. The number of hydrogen-bond acceptors (Lipinski definition) is 6. The van der Waals surface area contributed by atoms with Gasteiger partial charge in [-0.1, -0.05) is 11.3 Å². The summed E-state index contributed by atoms with van der Waals surface area (Å²) in [6.07, 6.45) is 4.06. The van der Waals surface area contributed by atoms with Crippen molar-refractivity contribution in [1.82, 2.24) is 4.98 Å². The van der Waals surface area contributed by atoms with E-state index in [4.69, 9.17) is 14.5 Å². The number of carbonyl (C=O) groups is 1. The molecule has 0 saturated carbocycles. The summed E-state index contributed by atoms with van der Waals surface area (Å²) in [5.74, 6) is 2.14. The first kappa shape index (κ1) is 17.1. The third-order valence-electron chi connectivity index (χ3n) is 5.04. The summed E-state index contributed by atoms with van der Waals surface area (Å²) in [6, 6.07) is 5.73. The first-order valence-electron chi connectivity index (χ1n) is 8.97. The summed E-state index contributed by atoms with van der Waals surface area (Å²) in [7, 11) is 3.30. The zero-order valence-electron chi connectivity index (χ0n) is 15.1. The Morgan fingerprint density at radius 1 is 1.19 bits per heavy atom. The maximum atomic E-state index is 12.3. The van der Waals surface area contributed by atoms with Gasteiger partial charge in [-0.3, -0.25) is 4.79 Å². The fraction of sp³-hybridized carbons (Fsp3) is 0.474. The number of aromatic nitrogens is 1. The zero-order chi connectivity index (χ0) is 18.1. The molecule has 1 aromatic carbocycles. The number of fused-ring (bicyclic) bond motifs is 1. The average Bonchev–Trinajstić information content (AvgIpc) is 3.11. The SMILES string of the molecule is COc1ccc(OC)c([C@H]2CC(=O)Nc3nc(N4CCCCC4)sc32)c1. The van der Waals surface area contributed by atoms with Gasteiger partial charge >= 0.3 is 0 Å². The molecule has 4 rings (SSSR count). The maximum absolute atomic E-state index is 12.3. The Labute approximate surface area is 157 Å². The Hall–Kier alpha value is -2.28. The van der Waals surface area contributed by atoms with Crippen molar-refractivity contribution in [3.8, 4) is 11.5 Å². The number of nitrogens with one attached hydrogen (secondary N) is 1. The first-order valence-corrected chi connectivity index (χ1v) is 9.78. The van der Waals surface area contributed by atoms with Gasteiger partial charge in [0.25, 0.3) is 0 Å². The van der Waals surface area contributed by atoms with Gasteiger partial charge in [-0.05, 0) is 37.5 Å². The Morgan fingerprint density at radius 3 is 2.73 bits per heavy atom. The number of amides is 1. The zero-order valence-corrected chi connectivity index (χ0v) is 15.9. The van der Waals surface area contributed by atoms with E-state index in [-0.39, 0.29) is 11.8 Å². The van der Waals surface area contributed by atoms with Gasteiger partial charge in [0.15, 0.2) is 5.13 Å². The number of methoxy groups -OCH3 is 2. The van der Waals surface area contributed by atoms with Gasteiger partial charge in [0.05, 0.1) is 19.1 Å². The summed E-state index contributed by atoms with van der Waals surface area (Å²) in [5.41, 5.74) is 0.969. The maximum Gasteiger partial charge on any atom is 0.226 e. The number of ether oxygens (including phenoxy) is 2. The summed E-state index contributed by atoms with van der Waals surface area (Å²) < 4.78 is 10.9. The Morgan fingerprint density at radius 2 is 2.00 bits per heavy atom. The van der Waals surface area contributed by atoms with E-state index in [0.717, 1.165) is 40.2 Å². The minimum atomic E-state index is -0.0696. The molecule has 0 spiro atoms. The molecule has 2 aliphatic rings. The monoisotopic (exact) mass is 373 g/mol. The van der Waals surface area contributed by atoms with Crippen LogP contribution in [0.1, 0.15) is 42.0 Å². The molecule has 0 aliphatic carbocycles. The van der Waals surface area contributed by atoms with E-state index in [1.165, 1.54) is 19.3 Å². The summed E-state index contributed by atoms with van der Waals surface area (Å²) >= 11 is 1.68. The molecular weight excluding hydrogens is 350 g/mol. The van der Waals surface area contributed by atoms with Crippen LogP contribution in [0.3, 0.4) is 0 Å². The number of rotatable bonds is 4. The molecule has 0 bridgehead atoms. The van der Waals surface area contributed by atoms with Crippen LogP contribution < -0.4 is 19.7 Å². The molecule has 1 saturated heterocycles.